The normalized spacial score (nSPS) is 33.0. The van der Waals surface area contributed by atoms with Crippen molar-refractivity contribution in [2.75, 3.05) is 40.5 Å². The molecule has 0 N–H and O–H groups in total. The fourth-order valence-corrected chi connectivity index (χ4v) is 5.96. The first kappa shape index (κ1) is 17.0. The smallest absolute Gasteiger partial charge is 0.337 e. The van der Waals surface area contributed by atoms with E-state index < -0.39 is 5.97 Å². The molecule has 0 spiro atoms. The zero-order chi connectivity index (χ0) is 17.6. The van der Waals surface area contributed by atoms with Gasteiger partial charge in [0.25, 0.3) is 0 Å². The number of hydrogen-bond acceptors (Lipinski definition) is 3. The van der Waals surface area contributed by atoms with Gasteiger partial charge in [-0.05, 0) is 38.4 Å². The van der Waals surface area contributed by atoms with Gasteiger partial charge in [-0.25, -0.2) is 9.18 Å². The van der Waals surface area contributed by atoms with Crippen molar-refractivity contribution in [3.63, 3.8) is 0 Å². The quantitative estimate of drug-likeness (QED) is 0.606. The molecule has 0 radical (unpaired) electrons. The number of quaternary nitrogens is 1. The molecule has 4 fully saturated rings. The summed E-state index contributed by atoms with van der Waals surface area (Å²) in [6, 6.07) is 4.65. The maximum absolute atomic E-state index is 14.4. The Morgan fingerprint density at radius 2 is 1.80 bits per heavy atom. The lowest BCUT2D eigenvalue weighted by Gasteiger charge is -2.58. The summed E-state index contributed by atoms with van der Waals surface area (Å²) in [7, 11) is 3.40. The first-order chi connectivity index (χ1) is 12.0. The van der Waals surface area contributed by atoms with E-state index in [-0.39, 0.29) is 11.4 Å². The van der Waals surface area contributed by atoms with Crippen LogP contribution in [0, 0.1) is 23.6 Å². The Kier molecular flexibility index (Phi) is 4.32. The van der Waals surface area contributed by atoms with Gasteiger partial charge in [-0.3, -0.25) is 4.90 Å². The van der Waals surface area contributed by atoms with Crippen LogP contribution in [0.2, 0.25) is 0 Å². The third kappa shape index (κ3) is 3.32. The molecule has 0 unspecified atom stereocenters. The van der Waals surface area contributed by atoms with E-state index in [1.54, 1.807) is 12.1 Å². The molecule has 5 heteroatoms. The predicted molar refractivity (Wildman–Crippen MR) is 93.3 cm³/mol. The van der Waals surface area contributed by atoms with E-state index in [4.69, 9.17) is 0 Å². The summed E-state index contributed by atoms with van der Waals surface area (Å²) in [6.07, 6.45) is 4.30. The van der Waals surface area contributed by atoms with E-state index in [0.29, 0.717) is 12.1 Å². The highest BCUT2D eigenvalue weighted by molar-refractivity contribution is 5.89. The highest BCUT2D eigenvalue weighted by Gasteiger charge is 2.51. The Labute approximate surface area is 149 Å². The maximum atomic E-state index is 14.4. The van der Waals surface area contributed by atoms with Crippen LogP contribution in [-0.2, 0) is 11.3 Å². The van der Waals surface area contributed by atoms with Crippen LogP contribution in [0.3, 0.4) is 0 Å². The average molecular weight is 347 g/mol. The Bertz CT molecular complexity index is 640. The molecule has 25 heavy (non-hydrogen) atoms. The maximum Gasteiger partial charge on any atom is 0.337 e. The summed E-state index contributed by atoms with van der Waals surface area (Å²) >= 11 is 0. The molecule has 1 aliphatic carbocycles. The number of hydrogen-bond donors (Lipinski definition) is 0. The van der Waals surface area contributed by atoms with Crippen LogP contribution in [0.15, 0.2) is 18.2 Å². The lowest BCUT2D eigenvalue weighted by Crippen LogP contribution is -2.68. The molecule has 0 aromatic heterocycles. The summed E-state index contributed by atoms with van der Waals surface area (Å²) in [5.41, 5.74) is 0.910. The van der Waals surface area contributed by atoms with Gasteiger partial charge in [0.05, 0.1) is 32.3 Å². The summed E-state index contributed by atoms with van der Waals surface area (Å²) in [4.78, 5) is 13.8. The number of benzene rings is 1. The highest BCUT2D eigenvalue weighted by Crippen LogP contribution is 2.47. The molecule has 1 saturated carbocycles. The third-order valence-electron chi connectivity index (χ3n) is 6.39. The van der Waals surface area contributed by atoms with E-state index in [1.165, 1.54) is 56.6 Å². The van der Waals surface area contributed by atoms with Crippen molar-refractivity contribution in [1.29, 1.82) is 0 Å². The Hall–Kier alpha value is -1.46. The topological polar surface area (TPSA) is 29.5 Å². The van der Waals surface area contributed by atoms with Crippen molar-refractivity contribution in [1.82, 2.24) is 4.90 Å². The molecule has 1 aromatic carbocycles. The van der Waals surface area contributed by atoms with Gasteiger partial charge in [-0.1, -0.05) is 6.07 Å². The van der Waals surface area contributed by atoms with Gasteiger partial charge in [0.2, 0.25) is 0 Å². The van der Waals surface area contributed by atoms with Gasteiger partial charge < -0.3 is 9.22 Å². The minimum atomic E-state index is -0.496. The summed E-state index contributed by atoms with van der Waals surface area (Å²) < 4.78 is 20.2. The van der Waals surface area contributed by atoms with Gasteiger partial charge in [-0.15, -0.1) is 0 Å². The number of rotatable bonds is 5. The van der Waals surface area contributed by atoms with Crippen LogP contribution in [0.25, 0.3) is 0 Å². The van der Waals surface area contributed by atoms with Gasteiger partial charge >= 0.3 is 5.97 Å². The second-order valence-corrected chi connectivity index (χ2v) is 8.65. The molecular formula is C20H28FN2O2+. The van der Waals surface area contributed by atoms with Crippen LogP contribution in [0.5, 0.6) is 0 Å². The lowest BCUT2D eigenvalue weighted by atomic mass is 9.67. The number of nitrogens with zero attached hydrogens (tertiary/aromatic N) is 2. The molecule has 4 nitrogen and oxygen atoms in total. The van der Waals surface area contributed by atoms with Crippen molar-refractivity contribution in [3.05, 3.63) is 35.1 Å². The first-order valence-electron chi connectivity index (χ1n) is 9.37. The van der Waals surface area contributed by atoms with Gasteiger partial charge in [0, 0.05) is 29.9 Å². The van der Waals surface area contributed by atoms with E-state index in [1.807, 2.05) is 0 Å². The number of methoxy groups -OCH3 is 1. The summed E-state index contributed by atoms with van der Waals surface area (Å²) in [5.74, 6) is 1.92. The SMILES string of the molecule is COC(=O)c1ccc(CN(C)C[N+]23CC4CC(CC(C4)C2)C3)c(F)c1. The summed E-state index contributed by atoms with van der Waals surface area (Å²) in [6.45, 7) is 5.50. The van der Waals surface area contributed by atoms with Crippen LogP contribution in [0.1, 0.15) is 35.2 Å². The zero-order valence-electron chi connectivity index (χ0n) is 15.2. The van der Waals surface area contributed by atoms with Gasteiger partial charge in [0.1, 0.15) is 12.5 Å². The second-order valence-electron chi connectivity index (χ2n) is 8.65. The van der Waals surface area contributed by atoms with E-state index in [2.05, 4.69) is 16.7 Å². The fraction of sp³-hybridized carbons (Fsp3) is 0.650. The van der Waals surface area contributed by atoms with Gasteiger partial charge in [-0.2, -0.15) is 0 Å². The van der Waals surface area contributed by atoms with E-state index in [0.717, 1.165) is 24.4 Å². The number of carbonyl (C=O) groups is 1. The molecule has 136 valence electrons. The number of ether oxygens (including phenoxy) is 1. The third-order valence-corrected chi connectivity index (χ3v) is 6.39. The molecule has 0 atom stereocenters. The van der Waals surface area contributed by atoms with Crippen LogP contribution >= 0.6 is 0 Å². The second kappa shape index (κ2) is 6.36. The summed E-state index contributed by atoms with van der Waals surface area (Å²) in [5, 5.41) is 0. The molecule has 3 heterocycles. The van der Waals surface area contributed by atoms with Crippen LogP contribution in [0.4, 0.5) is 4.39 Å². The molecule has 4 bridgehead atoms. The number of carbonyl (C=O) groups excluding carboxylic acids is 1. The van der Waals surface area contributed by atoms with Crippen molar-refractivity contribution in [3.8, 4) is 0 Å². The fourth-order valence-electron chi connectivity index (χ4n) is 5.96. The Balaban J connectivity index is 1.42. The standard InChI is InChI=1S/C20H28FN2O2/c1-22(9-18-4-3-17(8-19(18)21)20(24)25-2)13-23-10-14-5-15(11-23)7-16(6-14)12-23/h3-4,8,14-16H,5-7,9-13H2,1-2H3/q+1. The van der Waals surface area contributed by atoms with E-state index in [9.17, 15) is 9.18 Å². The molecule has 5 rings (SSSR count). The number of halogens is 1. The van der Waals surface area contributed by atoms with Crippen molar-refractivity contribution in [2.24, 2.45) is 17.8 Å². The molecule has 4 aliphatic rings. The minimum Gasteiger partial charge on any atom is -0.465 e. The molecule has 0 amide bonds. The molecule has 3 aliphatic heterocycles. The Morgan fingerprint density at radius 3 is 2.32 bits per heavy atom. The van der Waals surface area contributed by atoms with Gasteiger partial charge in [0.15, 0.2) is 0 Å². The number of piperidine rings is 3. The largest absolute Gasteiger partial charge is 0.465 e. The average Bonchev–Trinajstić information content (AvgIpc) is 2.54. The Morgan fingerprint density at radius 1 is 1.20 bits per heavy atom. The lowest BCUT2D eigenvalue weighted by molar-refractivity contribution is -0.962. The van der Waals surface area contributed by atoms with Crippen LogP contribution < -0.4 is 0 Å². The molecule has 3 saturated heterocycles. The highest BCUT2D eigenvalue weighted by atomic mass is 19.1. The minimum absolute atomic E-state index is 0.267. The molecular weight excluding hydrogens is 319 g/mol. The van der Waals surface area contributed by atoms with E-state index >= 15 is 0 Å². The van der Waals surface area contributed by atoms with Crippen LogP contribution in [-0.4, -0.2) is 55.8 Å². The van der Waals surface area contributed by atoms with Crippen molar-refractivity contribution >= 4 is 5.97 Å². The number of esters is 1. The van der Waals surface area contributed by atoms with Crippen molar-refractivity contribution < 1.29 is 18.4 Å². The predicted octanol–water partition coefficient (Wildman–Crippen LogP) is 2.88. The van der Waals surface area contributed by atoms with Crippen molar-refractivity contribution in [2.45, 2.75) is 25.8 Å². The monoisotopic (exact) mass is 347 g/mol. The zero-order valence-corrected chi connectivity index (χ0v) is 15.2. The molecule has 1 aromatic rings. The first-order valence-corrected chi connectivity index (χ1v) is 9.37.